The number of rotatable bonds is 6. The van der Waals surface area contributed by atoms with Crippen molar-refractivity contribution in [2.24, 2.45) is 0 Å². The summed E-state index contributed by atoms with van der Waals surface area (Å²) in [5.74, 6) is 1.08. The van der Waals surface area contributed by atoms with Gasteiger partial charge in [0.25, 0.3) is 0 Å². The molecule has 0 bridgehead atoms. The van der Waals surface area contributed by atoms with Crippen LogP contribution in [0.5, 0.6) is 0 Å². The minimum absolute atomic E-state index is 0.0948. The normalized spacial score (nSPS) is 20.0. The Hall–Kier alpha value is -2.35. The number of para-hydroxylation sites is 1. The molecular formula is C23H31N5O2S. The molecule has 0 unspecified atom stereocenters. The summed E-state index contributed by atoms with van der Waals surface area (Å²) in [6, 6.07) is 8.29. The van der Waals surface area contributed by atoms with Gasteiger partial charge in [0.05, 0.1) is 11.8 Å². The summed E-state index contributed by atoms with van der Waals surface area (Å²) >= 11 is 1.45. The minimum Gasteiger partial charge on any atom is -0.335 e. The molecule has 2 aromatic rings. The van der Waals surface area contributed by atoms with E-state index < -0.39 is 0 Å². The highest BCUT2D eigenvalue weighted by Gasteiger charge is 2.34. The fourth-order valence-corrected chi connectivity index (χ4v) is 5.50. The number of carbonyl (C=O) groups excluding carboxylic acids is 2. The largest absolute Gasteiger partial charge is 0.335 e. The SMILES string of the molecule is CCn1c(CN2CCCCCC2=O)nnc1S[C@H](C)C(=O)N1c2ccccc2C[C@H]1C. The number of nitrogens with zero attached hydrogens (tertiary/aromatic N) is 5. The van der Waals surface area contributed by atoms with Crippen molar-refractivity contribution in [3.8, 4) is 0 Å². The lowest BCUT2D eigenvalue weighted by Crippen LogP contribution is -2.40. The van der Waals surface area contributed by atoms with E-state index in [9.17, 15) is 9.59 Å². The molecule has 166 valence electrons. The van der Waals surface area contributed by atoms with Crippen LogP contribution in [0.3, 0.4) is 0 Å². The van der Waals surface area contributed by atoms with Gasteiger partial charge < -0.3 is 14.4 Å². The Labute approximate surface area is 188 Å². The van der Waals surface area contributed by atoms with E-state index in [1.165, 1.54) is 17.3 Å². The highest BCUT2D eigenvalue weighted by Crippen LogP contribution is 2.34. The zero-order chi connectivity index (χ0) is 22.0. The molecule has 0 spiro atoms. The summed E-state index contributed by atoms with van der Waals surface area (Å²) in [5, 5.41) is 9.22. The van der Waals surface area contributed by atoms with E-state index >= 15 is 0 Å². The summed E-state index contributed by atoms with van der Waals surface area (Å²) in [4.78, 5) is 29.5. The second-order valence-corrected chi connectivity index (χ2v) is 9.73. The van der Waals surface area contributed by atoms with Gasteiger partial charge >= 0.3 is 0 Å². The van der Waals surface area contributed by atoms with E-state index in [2.05, 4.69) is 23.2 Å². The zero-order valence-corrected chi connectivity index (χ0v) is 19.4. The van der Waals surface area contributed by atoms with E-state index in [-0.39, 0.29) is 23.1 Å². The van der Waals surface area contributed by atoms with Crippen LogP contribution in [0.15, 0.2) is 29.4 Å². The van der Waals surface area contributed by atoms with Crippen LogP contribution in [0.4, 0.5) is 5.69 Å². The molecular weight excluding hydrogens is 410 g/mol. The predicted octanol–water partition coefficient (Wildman–Crippen LogP) is 3.66. The van der Waals surface area contributed by atoms with Gasteiger partial charge in [0, 0.05) is 31.2 Å². The third-order valence-electron chi connectivity index (χ3n) is 6.19. The van der Waals surface area contributed by atoms with E-state index in [1.54, 1.807) is 0 Å². The number of anilines is 1. The molecule has 2 atom stereocenters. The topological polar surface area (TPSA) is 71.3 Å². The number of likely N-dealkylation sites (tertiary alicyclic amines) is 1. The Balaban J connectivity index is 1.48. The Kier molecular flexibility index (Phi) is 6.65. The van der Waals surface area contributed by atoms with E-state index in [4.69, 9.17) is 0 Å². The molecule has 0 aliphatic carbocycles. The number of benzene rings is 1. The lowest BCUT2D eigenvalue weighted by Gasteiger charge is -2.25. The van der Waals surface area contributed by atoms with Crippen LogP contribution in [0.1, 0.15) is 57.8 Å². The van der Waals surface area contributed by atoms with Crippen LogP contribution in [-0.2, 0) is 29.1 Å². The summed E-state index contributed by atoms with van der Waals surface area (Å²) < 4.78 is 2.04. The van der Waals surface area contributed by atoms with Crippen molar-refractivity contribution in [1.82, 2.24) is 19.7 Å². The molecule has 2 aliphatic heterocycles. The summed E-state index contributed by atoms with van der Waals surface area (Å²) in [6.45, 7) is 8.05. The lowest BCUT2D eigenvalue weighted by atomic mass is 10.1. The molecule has 0 radical (unpaired) electrons. The average Bonchev–Trinajstić information content (AvgIpc) is 3.22. The second kappa shape index (κ2) is 9.42. The van der Waals surface area contributed by atoms with Crippen LogP contribution in [-0.4, -0.2) is 49.3 Å². The number of hydrogen-bond donors (Lipinski definition) is 0. The fraction of sp³-hybridized carbons (Fsp3) is 0.565. The Bertz CT molecular complexity index is 959. The molecule has 31 heavy (non-hydrogen) atoms. The number of aromatic nitrogens is 3. The first-order valence-corrected chi connectivity index (χ1v) is 12.1. The van der Waals surface area contributed by atoms with Gasteiger partial charge in [0.1, 0.15) is 0 Å². The average molecular weight is 442 g/mol. The molecule has 3 heterocycles. The van der Waals surface area contributed by atoms with Crippen molar-refractivity contribution in [3.05, 3.63) is 35.7 Å². The maximum Gasteiger partial charge on any atom is 0.240 e. The molecule has 0 saturated carbocycles. The third-order valence-corrected chi connectivity index (χ3v) is 7.26. The molecule has 7 nitrogen and oxygen atoms in total. The summed E-state index contributed by atoms with van der Waals surface area (Å²) in [7, 11) is 0. The lowest BCUT2D eigenvalue weighted by molar-refractivity contribution is -0.131. The fourth-order valence-electron chi connectivity index (χ4n) is 4.52. The molecule has 1 fully saturated rings. The molecule has 2 amide bonds. The number of thioether (sulfide) groups is 1. The molecule has 1 aromatic carbocycles. The number of carbonyl (C=O) groups is 2. The Morgan fingerprint density at radius 1 is 1.23 bits per heavy atom. The summed E-state index contributed by atoms with van der Waals surface area (Å²) in [6.07, 6.45) is 4.60. The van der Waals surface area contributed by atoms with Crippen LogP contribution in [0.2, 0.25) is 0 Å². The number of hydrogen-bond acceptors (Lipinski definition) is 5. The Morgan fingerprint density at radius 2 is 2.03 bits per heavy atom. The van der Waals surface area contributed by atoms with E-state index in [0.717, 1.165) is 48.9 Å². The van der Waals surface area contributed by atoms with Gasteiger partial charge in [-0.15, -0.1) is 10.2 Å². The van der Waals surface area contributed by atoms with Crippen molar-refractivity contribution < 1.29 is 9.59 Å². The van der Waals surface area contributed by atoms with Gasteiger partial charge in [-0.3, -0.25) is 9.59 Å². The molecule has 1 saturated heterocycles. The van der Waals surface area contributed by atoms with Crippen LogP contribution in [0, 0.1) is 0 Å². The first kappa shape index (κ1) is 21.9. The number of amides is 2. The molecule has 2 aliphatic rings. The highest BCUT2D eigenvalue weighted by atomic mass is 32.2. The van der Waals surface area contributed by atoms with Gasteiger partial charge in [-0.25, -0.2) is 0 Å². The van der Waals surface area contributed by atoms with Crippen LogP contribution < -0.4 is 4.90 Å². The zero-order valence-electron chi connectivity index (χ0n) is 18.6. The standard InChI is InChI=1S/C23H31N5O2S/c1-4-27-20(15-26-13-9-5-6-12-21(26)29)24-25-23(27)31-17(3)22(30)28-16(2)14-18-10-7-8-11-19(18)28/h7-8,10-11,16-17H,4-6,9,12-15H2,1-3H3/t16-,17-/m1/s1. The van der Waals surface area contributed by atoms with Crippen molar-refractivity contribution in [2.75, 3.05) is 11.4 Å². The number of fused-ring (bicyclic) bond motifs is 1. The van der Waals surface area contributed by atoms with Crippen molar-refractivity contribution >= 4 is 29.3 Å². The van der Waals surface area contributed by atoms with Crippen molar-refractivity contribution in [3.63, 3.8) is 0 Å². The van der Waals surface area contributed by atoms with Crippen LogP contribution >= 0.6 is 11.8 Å². The molecule has 8 heteroatoms. The smallest absolute Gasteiger partial charge is 0.240 e. The molecule has 1 aromatic heterocycles. The highest BCUT2D eigenvalue weighted by molar-refractivity contribution is 8.00. The molecule has 0 N–H and O–H groups in total. The quantitative estimate of drug-likeness (QED) is 0.640. The van der Waals surface area contributed by atoms with E-state index in [0.29, 0.717) is 19.5 Å². The van der Waals surface area contributed by atoms with Gasteiger partial charge in [0.15, 0.2) is 11.0 Å². The van der Waals surface area contributed by atoms with Crippen LogP contribution in [0.25, 0.3) is 0 Å². The predicted molar refractivity (Wildman–Crippen MR) is 122 cm³/mol. The maximum absolute atomic E-state index is 13.3. The van der Waals surface area contributed by atoms with Gasteiger partial charge in [0.2, 0.25) is 11.8 Å². The van der Waals surface area contributed by atoms with E-state index in [1.807, 2.05) is 46.4 Å². The third kappa shape index (κ3) is 4.49. The molecule has 4 rings (SSSR count). The second-order valence-electron chi connectivity index (χ2n) is 8.42. The van der Waals surface area contributed by atoms with Crippen molar-refractivity contribution in [1.29, 1.82) is 0 Å². The minimum atomic E-state index is -0.282. The first-order chi connectivity index (χ1) is 15.0. The summed E-state index contributed by atoms with van der Waals surface area (Å²) in [5.41, 5.74) is 2.24. The Morgan fingerprint density at radius 3 is 2.84 bits per heavy atom. The van der Waals surface area contributed by atoms with Gasteiger partial charge in [-0.2, -0.15) is 0 Å². The maximum atomic E-state index is 13.3. The monoisotopic (exact) mass is 441 g/mol. The van der Waals surface area contributed by atoms with Crippen molar-refractivity contribution in [2.45, 2.75) is 82.4 Å². The first-order valence-electron chi connectivity index (χ1n) is 11.3. The van der Waals surface area contributed by atoms with Gasteiger partial charge in [-0.1, -0.05) is 36.4 Å². The van der Waals surface area contributed by atoms with Gasteiger partial charge in [-0.05, 0) is 51.7 Å².